The summed E-state index contributed by atoms with van der Waals surface area (Å²) in [6.07, 6.45) is 1.83. The molecule has 0 saturated heterocycles. The SMILES string of the molecule is Cc1ccc2cc3c(nc2n1)CCN(C(=O)c1ccc(S(C)(=O)=O)cc1)C3. The number of aromatic nitrogens is 2. The number of carbonyl (C=O) groups is 1. The van der Waals surface area contributed by atoms with Crippen LogP contribution in [0.15, 0.2) is 47.4 Å². The number of pyridine rings is 2. The minimum Gasteiger partial charge on any atom is -0.334 e. The molecule has 1 aliphatic rings. The number of benzene rings is 1. The molecule has 1 amide bonds. The minimum absolute atomic E-state index is 0.108. The van der Waals surface area contributed by atoms with Gasteiger partial charge in [-0.2, -0.15) is 0 Å². The topological polar surface area (TPSA) is 80.2 Å². The molecule has 3 heterocycles. The molecule has 0 saturated carbocycles. The van der Waals surface area contributed by atoms with Crippen LogP contribution in [0.1, 0.15) is 27.3 Å². The van der Waals surface area contributed by atoms with Gasteiger partial charge in [0.15, 0.2) is 15.5 Å². The van der Waals surface area contributed by atoms with Gasteiger partial charge in [0, 0.05) is 48.1 Å². The van der Waals surface area contributed by atoms with Crippen LogP contribution in [-0.4, -0.2) is 42.0 Å². The van der Waals surface area contributed by atoms with Crippen molar-refractivity contribution in [3.63, 3.8) is 0 Å². The highest BCUT2D eigenvalue weighted by Crippen LogP contribution is 2.23. The van der Waals surface area contributed by atoms with Crippen molar-refractivity contribution >= 4 is 26.8 Å². The van der Waals surface area contributed by atoms with E-state index in [1.807, 2.05) is 19.1 Å². The Morgan fingerprint density at radius 1 is 1.07 bits per heavy atom. The standard InChI is InChI=1S/C20H19N3O3S/c1-13-3-4-15-11-16-12-23(10-9-18(16)22-19(15)21-13)20(24)14-5-7-17(8-6-14)27(2,25)26/h3-8,11H,9-10,12H2,1-2H3. The first-order valence-corrected chi connectivity index (χ1v) is 10.6. The second kappa shape index (κ2) is 6.42. The van der Waals surface area contributed by atoms with Crippen LogP contribution in [0.2, 0.25) is 0 Å². The lowest BCUT2D eigenvalue weighted by molar-refractivity contribution is 0.0733. The van der Waals surface area contributed by atoms with E-state index in [0.29, 0.717) is 25.1 Å². The van der Waals surface area contributed by atoms with Crippen molar-refractivity contribution in [3.8, 4) is 0 Å². The molecule has 7 heteroatoms. The van der Waals surface area contributed by atoms with E-state index in [0.717, 1.165) is 34.2 Å². The summed E-state index contributed by atoms with van der Waals surface area (Å²) in [5.41, 5.74) is 4.17. The van der Waals surface area contributed by atoms with E-state index in [-0.39, 0.29) is 10.8 Å². The molecule has 0 radical (unpaired) electrons. The quantitative estimate of drug-likeness (QED) is 0.681. The molecule has 0 spiro atoms. The number of nitrogens with zero attached hydrogens (tertiary/aromatic N) is 3. The zero-order valence-corrected chi connectivity index (χ0v) is 16.0. The van der Waals surface area contributed by atoms with Gasteiger partial charge in [-0.15, -0.1) is 0 Å². The van der Waals surface area contributed by atoms with Gasteiger partial charge in [-0.05, 0) is 55.0 Å². The Morgan fingerprint density at radius 2 is 1.81 bits per heavy atom. The van der Waals surface area contributed by atoms with Gasteiger partial charge < -0.3 is 4.90 Å². The zero-order valence-electron chi connectivity index (χ0n) is 15.1. The molecule has 27 heavy (non-hydrogen) atoms. The van der Waals surface area contributed by atoms with Crippen molar-refractivity contribution < 1.29 is 13.2 Å². The largest absolute Gasteiger partial charge is 0.334 e. The summed E-state index contributed by atoms with van der Waals surface area (Å²) in [5.74, 6) is -0.108. The van der Waals surface area contributed by atoms with Crippen LogP contribution in [0.4, 0.5) is 0 Å². The van der Waals surface area contributed by atoms with E-state index < -0.39 is 9.84 Å². The number of carbonyl (C=O) groups excluding carboxylic acids is 1. The van der Waals surface area contributed by atoms with E-state index in [1.165, 1.54) is 12.1 Å². The number of aryl methyl sites for hydroxylation is 1. The molecule has 0 aliphatic carbocycles. The number of fused-ring (bicyclic) bond motifs is 2. The summed E-state index contributed by atoms with van der Waals surface area (Å²) < 4.78 is 23.1. The summed E-state index contributed by atoms with van der Waals surface area (Å²) in [5, 5.41) is 0.964. The Kier molecular flexibility index (Phi) is 4.19. The number of amides is 1. The lowest BCUT2D eigenvalue weighted by atomic mass is 10.0. The molecule has 1 aliphatic heterocycles. The van der Waals surface area contributed by atoms with Crippen LogP contribution in [0.25, 0.3) is 11.0 Å². The van der Waals surface area contributed by atoms with Gasteiger partial charge in [-0.1, -0.05) is 0 Å². The molecule has 0 bridgehead atoms. The third-order valence-corrected chi connectivity index (χ3v) is 5.91. The monoisotopic (exact) mass is 381 g/mol. The zero-order chi connectivity index (χ0) is 19.2. The van der Waals surface area contributed by atoms with Crippen molar-refractivity contribution in [2.75, 3.05) is 12.8 Å². The average molecular weight is 381 g/mol. The first-order chi connectivity index (χ1) is 12.8. The normalized spacial score (nSPS) is 14.2. The maximum atomic E-state index is 12.8. The van der Waals surface area contributed by atoms with Gasteiger partial charge in [0.1, 0.15) is 0 Å². The van der Waals surface area contributed by atoms with Gasteiger partial charge in [0.05, 0.1) is 4.90 Å². The second-order valence-corrected chi connectivity index (χ2v) is 8.88. The van der Waals surface area contributed by atoms with Gasteiger partial charge in [0.25, 0.3) is 5.91 Å². The molecule has 1 aromatic carbocycles. The lowest BCUT2D eigenvalue weighted by Crippen LogP contribution is -2.36. The van der Waals surface area contributed by atoms with Gasteiger partial charge in [-0.25, -0.2) is 18.4 Å². The van der Waals surface area contributed by atoms with E-state index in [4.69, 9.17) is 0 Å². The Morgan fingerprint density at radius 3 is 2.52 bits per heavy atom. The molecule has 138 valence electrons. The molecular weight excluding hydrogens is 362 g/mol. The Hall–Kier alpha value is -2.80. The van der Waals surface area contributed by atoms with Crippen LogP contribution in [0.5, 0.6) is 0 Å². The predicted molar refractivity (Wildman–Crippen MR) is 102 cm³/mol. The van der Waals surface area contributed by atoms with E-state index in [9.17, 15) is 13.2 Å². The molecule has 2 aromatic heterocycles. The number of sulfone groups is 1. The van der Waals surface area contributed by atoms with Crippen LogP contribution < -0.4 is 0 Å². The lowest BCUT2D eigenvalue weighted by Gasteiger charge is -2.28. The molecule has 0 unspecified atom stereocenters. The molecular formula is C20H19N3O3S. The van der Waals surface area contributed by atoms with Crippen LogP contribution >= 0.6 is 0 Å². The molecule has 0 atom stereocenters. The number of hydrogen-bond donors (Lipinski definition) is 0. The van der Waals surface area contributed by atoms with Crippen molar-refractivity contribution in [2.45, 2.75) is 24.8 Å². The van der Waals surface area contributed by atoms with Gasteiger partial charge in [0.2, 0.25) is 0 Å². The smallest absolute Gasteiger partial charge is 0.254 e. The number of rotatable bonds is 2. The molecule has 3 aromatic rings. The summed E-state index contributed by atoms with van der Waals surface area (Å²) in [6.45, 7) is 3.00. The van der Waals surface area contributed by atoms with Crippen molar-refractivity contribution in [2.24, 2.45) is 0 Å². The first kappa shape index (κ1) is 17.6. The van der Waals surface area contributed by atoms with E-state index in [1.54, 1.807) is 17.0 Å². The minimum atomic E-state index is -3.27. The second-order valence-electron chi connectivity index (χ2n) is 6.87. The fraction of sp³-hybridized carbons (Fsp3) is 0.250. The van der Waals surface area contributed by atoms with Gasteiger partial charge >= 0.3 is 0 Å². The summed E-state index contributed by atoms with van der Waals surface area (Å²) in [4.78, 5) is 23.9. The highest BCUT2D eigenvalue weighted by Gasteiger charge is 2.23. The average Bonchev–Trinajstić information content (AvgIpc) is 2.65. The van der Waals surface area contributed by atoms with E-state index >= 15 is 0 Å². The highest BCUT2D eigenvalue weighted by atomic mass is 32.2. The fourth-order valence-electron chi connectivity index (χ4n) is 3.31. The summed E-state index contributed by atoms with van der Waals surface area (Å²) >= 11 is 0. The van der Waals surface area contributed by atoms with Crippen LogP contribution in [0.3, 0.4) is 0 Å². The van der Waals surface area contributed by atoms with Gasteiger partial charge in [-0.3, -0.25) is 4.79 Å². The Labute approximate surface area is 157 Å². The fourth-order valence-corrected chi connectivity index (χ4v) is 3.94. The maximum Gasteiger partial charge on any atom is 0.254 e. The molecule has 4 rings (SSSR count). The van der Waals surface area contributed by atoms with Crippen LogP contribution in [-0.2, 0) is 22.8 Å². The van der Waals surface area contributed by atoms with Crippen molar-refractivity contribution in [3.05, 3.63) is 65.0 Å². The molecule has 0 fully saturated rings. The first-order valence-electron chi connectivity index (χ1n) is 8.67. The number of hydrogen-bond acceptors (Lipinski definition) is 5. The Bertz CT molecular complexity index is 1160. The third kappa shape index (κ3) is 3.42. The van der Waals surface area contributed by atoms with Crippen molar-refractivity contribution in [1.29, 1.82) is 0 Å². The van der Waals surface area contributed by atoms with Crippen LogP contribution in [0, 0.1) is 6.92 Å². The highest BCUT2D eigenvalue weighted by molar-refractivity contribution is 7.90. The van der Waals surface area contributed by atoms with E-state index in [2.05, 4.69) is 16.0 Å². The predicted octanol–water partition coefficient (Wildman–Crippen LogP) is 2.54. The maximum absolute atomic E-state index is 12.8. The Balaban J connectivity index is 1.60. The molecule has 0 N–H and O–H groups in total. The molecule has 6 nitrogen and oxygen atoms in total. The summed E-state index contributed by atoms with van der Waals surface area (Å²) in [7, 11) is -3.27. The summed E-state index contributed by atoms with van der Waals surface area (Å²) in [6, 6.07) is 12.1. The third-order valence-electron chi connectivity index (χ3n) is 4.78. The van der Waals surface area contributed by atoms with Crippen molar-refractivity contribution in [1.82, 2.24) is 14.9 Å².